The van der Waals surface area contributed by atoms with Gasteiger partial charge in [-0.3, -0.25) is 14.4 Å². The van der Waals surface area contributed by atoms with Crippen LogP contribution in [0, 0.1) is 10.8 Å². The number of aliphatic hydroxyl groups is 1. The van der Waals surface area contributed by atoms with E-state index >= 15 is 0 Å². The van der Waals surface area contributed by atoms with Crippen LogP contribution in [0.25, 0.3) is 0 Å². The summed E-state index contributed by atoms with van der Waals surface area (Å²) in [6.45, 7) is 24.8. The second-order valence-corrected chi connectivity index (χ2v) is 25.4. The molecule has 5 atom stereocenters. The quantitative estimate of drug-likeness (QED) is 0.0125. The number of unbranched alkanes of at least 4 members (excludes halogenated alkanes) is 14. The van der Waals surface area contributed by atoms with Gasteiger partial charge in [-0.05, 0) is 128 Å². The molecule has 0 unspecified atom stereocenters. The fourth-order valence-electron chi connectivity index (χ4n) is 12.0. The number of allylic oxidation sites excluding steroid dienone is 22. The third kappa shape index (κ3) is 27.0. The number of carbonyl (C=O) groups excluding carboxylic acids is 3. The fourth-order valence-corrected chi connectivity index (χ4v) is 12.0. The van der Waals surface area contributed by atoms with E-state index in [-0.39, 0.29) is 40.8 Å². The molecule has 0 aromatic rings. The van der Waals surface area contributed by atoms with Crippen LogP contribution in [0.5, 0.6) is 0 Å². The highest BCUT2D eigenvalue weighted by Gasteiger charge is 2.76. The maximum Gasteiger partial charge on any atom is 0.306 e. The minimum atomic E-state index is -1.13. The summed E-state index contributed by atoms with van der Waals surface area (Å²) in [7, 11) is 0. The van der Waals surface area contributed by atoms with Crippen molar-refractivity contribution in [2.45, 2.75) is 285 Å². The number of ketones is 1. The zero-order chi connectivity index (χ0) is 59.6. The molecule has 1 aliphatic heterocycles. The summed E-state index contributed by atoms with van der Waals surface area (Å²) in [6.07, 6.45) is 65.7. The van der Waals surface area contributed by atoms with Crippen molar-refractivity contribution in [2.75, 3.05) is 0 Å². The zero-order valence-electron chi connectivity index (χ0n) is 53.1. The molecule has 1 heterocycles. The van der Waals surface area contributed by atoms with Gasteiger partial charge in [0.1, 0.15) is 17.8 Å². The van der Waals surface area contributed by atoms with Crippen LogP contribution in [0.3, 0.4) is 0 Å². The maximum absolute atomic E-state index is 13.6. The van der Waals surface area contributed by atoms with Crippen LogP contribution in [0.2, 0.25) is 0 Å². The second kappa shape index (κ2) is 37.4. The molecule has 3 aliphatic rings. The van der Waals surface area contributed by atoms with Crippen LogP contribution < -0.4 is 0 Å². The molecule has 2 saturated carbocycles. The number of rotatable bonds is 38. The van der Waals surface area contributed by atoms with Crippen LogP contribution in [-0.2, 0) is 28.6 Å². The van der Waals surface area contributed by atoms with E-state index in [1.165, 1.54) is 70.6 Å². The summed E-state index contributed by atoms with van der Waals surface area (Å²) in [5.74, 6) is -0.231. The Morgan fingerprint density at radius 1 is 0.556 bits per heavy atom. The molecule has 1 N–H and O–H groups in total. The molecule has 450 valence electrons. The van der Waals surface area contributed by atoms with E-state index in [1.807, 2.05) is 82.4 Å². The Morgan fingerprint density at radius 2 is 1.02 bits per heavy atom. The average Bonchev–Trinajstić information content (AvgIpc) is 2.31. The molecule has 7 heteroatoms. The minimum Gasteiger partial charge on any atom is -0.462 e. The highest BCUT2D eigenvalue weighted by molar-refractivity contribution is 5.96. The molecule has 0 aromatic heterocycles. The number of hydrogen-bond acceptors (Lipinski definition) is 7. The first-order chi connectivity index (χ1) is 38.6. The molecule has 7 nitrogen and oxygen atoms in total. The Hall–Kier alpha value is -4.81. The van der Waals surface area contributed by atoms with Crippen LogP contribution >= 0.6 is 0 Å². The third-order valence-corrected chi connectivity index (χ3v) is 16.6. The van der Waals surface area contributed by atoms with E-state index < -0.39 is 16.8 Å². The first-order valence-electron chi connectivity index (χ1n) is 31.7. The van der Waals surface area contributed by atoms with E-state index in [2.05, 4.69) is 122 Å². The number of fused-ring (bicyclic) bond motifs is 1. The van der Waals surface area contributed by atoms with Crippen LogP contribution in [0.15, 0.2) is 149 Å². The Kier molecular flexibility index (Phi) is 32.5. The number of epoxide rings is 1. The van der Waals surface area contributed by atoms with Gasteiger partial charge in [0.15, 0.2) is 5.78 Å². The standard InChI is InChI=1S/C74H112O7/c1-13-15-17-19-21-23-25-27-28-30-32-34-36-38-40-52-69(77)80-65-56-71(9,10)74(73(12,58-65)81-74)59-66(75)63(6)50-44-49-61(4)46-42-41-45-60(3)47-43-48-62(5)53-54-67-70(7,8)55-64(57-72(67,11)78)79-68(76)51-39-37-35-33-31-29-26-24-22-20-18-16-14-2/h15,17,21,23,27-28,32,34,41-50,53,64-65,78H,13-14,16,18-20,22,24-26,29-31,33,35-40,51-52,55-59H2,1-12H3/b17-15-,23-21-,28-27-,34-32-,42-41+,47-43+,49-44+,60-45+,61-46+,62-48+,63-50+/t54?,64-,65-,72+,73+,74-/m0/s1. The smallest absolute Gasteiger partial charge is 0.306 e. The Morgan fingerprint density at radius 3 is 1.54 bits per heavy atom. The highest BCUT2D eigenvalue weighted by Crippen LogP contribution is 2.67. The van der Waals surface area contributed by atoms with Gasteiger partial charge >= 0.3 is 11.9 Å². The number of hydrogen-bond donors (Lipinski definition) is 1. The Labute approximate surface area is 494 Å². The van der Waals surface area contributed by atoms with Crippen molar-refractivity contribution < 1.29 is 33.7 Å². The minimum absolute atomic E-state index is 0.0682. The first-order valence-corrected chi connectivity index (χ1v) is 31.7. The van der Waals surface area contributed by atoms with E-state index in [0.29, 0.717) is 50.5 Å². The van der Waals surface area contributed by atoms with Gasteiger partial charge in [0.05, 0.1) is 11.2 Å². The van der Waals surface area contributed by atoms with Gasteiger partial charge < -0.3 is 19.3 Å². The largest absolute Gasteiger partial charge is 0.462 e. The normalized spacial score (nSPS) is 24.4. The molecular formula is C74H112O7. The molecule has 2 aliphatic carbocycles. The van der Waals surface area contributed by atoms with Gasteiger partial charge in [0.25, 0.3) is 0 Å². The van der Waals surface area contributed by atoms with Crippen molar-refractivity contribution in [3.63, 3.8) is 0 Å². The van der Waals surface area contributed by atoms with Gasteiger partial charge in [-0.15, -0.1) is 5.73 Å². The maximum atomic E-state index is 13.6. The summed E-state index contributed by atoms with van der Waals surface area (Å²) in [5, 5.41) is 11.6. The van der Waals surface area contributed by atoms with E-state index in [0.717, 1.165) is 80.1 Å². The number of ether oxygens (including phenoxy) is 3. The van der Waals surface area contributed by atoms with Crippen LogP contribution in [0.4, 0.5) is 0 Å². The zero-order valence-corrected chi connectivity index (χ0v) is 53.1. The summed E-state index contributed by atoms with van der Waals surface area (Å²) in [5.41, 5.74) is 5.16. The second-order valence-electron chi connectivity index (χ2n) is 25.4. The summed E-state index contributed by atoms with van der Waals surface area (Å²) in [4.78, 5) is 39.3. The first kappa shape index (κ1) is 70.5. The van der Waals surface area contributed by atoms with Crippen molar-refractivity contribution in [1.29, 1.82) is 0 Å². The van der Waals surface area contributed by atoms with Gasteiger partial charge in [0.2, 0.25) is 0 Å². The molecule has 0 aromatic carbocycles. The van der Waals surface area contributed by atoms with Gasteiger partial charge in [-0.1, -0.05) is 239 Å². The topological polar surface area (TPSA) is 102 Å². The number of esters is 2. The summed E-state index contributed by atoms with van der Waals surface area (Å²) < 4.78 is 18.5. The SMILES string of the molecule is CC/C=C\C/C=C\C/C=C\C/C=C\CCCCC(=O)O[C@H]1CC(C)(C)[C@]2(CC(=O)/C(C)=C/C=C/C(C)=C/C=C/C=C(C)/C=C/C=C(\C)C=C=C3C(C)(C)C[C@H](OC(=O)CCCCCCCCCCCCCCC)C[C@@]3(C)O)O[C@]2(C)C1. The lowest BCUT2D eigenvalue weighted by molar-refractivity contribution is -0.156. The van der Waals surface area contributed by atoms with Crippen molar-refractivity contribution in [3.05, 3.63) is 149 Å². The number of carbonyl (C=O) groups is 3. The lowest BCUT2D eigenvalue weighted by Gasteiger charge is -2.44. The predicted octanol–water partition coefficient (Wildman–Crippen LogP) is 20.1. The van der Waals surface area contributed by atoms with Crippen molar-refractivity contribution in [2.24, 2.45) is 10.8 Å². The van der Waals surface area contributed by atoms with Gasteiger partial charge in [-0.25, -0.2) is 0 Å². The van der Waals surface area contributed by atoms with Crippen LogP contribution in [0.1, 0.15) is 256 Å². The third-order valence-electron chi connectivity index (χ3n) is 16.6. The van der Waals surface area contributed by atoms with Gasteiger partial charge in [-0.2, -0.15) is 0 Å². The molecule has 0 amide bonds. The predicted molar refractivity (Wildman–Crippen MR) is 342 cm³/mol. The van der Waals surface area contributed by atoms with Crippen molar-refractivity contribution in [1.82, 2.24) is 0 Å². The lowest BCUT2D eigenvalue weighted by atomic mass is 9.61. The summed E-state index contributed by atoms with van der Waals surface area (Å²) >= 11 is 0. The number of Topliss-reactive ketones (excluding diaryl/α,β-unsaturated/α-hetero) is 1. The molecule has 3 fully saturated rings. The summed E-state index contributed by atoms with van der Waals surface area (Å²) in [6, 6.07) is 0. The molecular weight excluding hydrogens is 1000 g/mol. The van der Waals surface area contributed by atoms with E-state index in [4.69, 9.17) is 14.2 Å². The fraction of sp³-hybridized carbons (Fsp3) is 0.622. The van der Waals surface area contributed by atoms with Crippen molar-refractivity contribution in [3.8, 4) is 0 Å². The lowest BCUT2D eigenvalue weighted by Crippen LogP contribution is -2.49. The Balaban J connectivity index is 1.38. The molecule has 81 heavy (non-hydrogen) atoms. The molecule has 1 saturated heterocycles. The molecule has 0 spiro atoms. The Bertz CT molecular complexity index is 2340. The van der Waals surface area contributed by atoms with Crippen molar-refractivity contribution >= 4 is 17.7 Å². The average molecular weight is 1110 g/mol. The highest BCUT2D eigenvalue weighted by atomic mass is 16.6. The molecule has 0 radical (unpaired) electrons. The monoisotopic (exact) mass is 1110 g/mol. The molecule has 0 bridgehead atoms. The van der Waals surface area contributed by atoms with E-state index in [1.54, 1.807) is 0 Å². The van der Waals surface area contributed by atoms with Gasteiger partial charge in [0, 0.05) is 43.1 Å². The molecule has 3 rings (SSSR count). The van der Waals surface area contributed by atoms with Crippen LogP contribution in [-0.4, -0.2) is 51.8 Å². The van der Waals surface area contributed by atoms with E-state index in [9.17, 15) is 19.5 Å².